The maximum atomic E-state index is 12.3. The lowest BCUT2D eigenvalue weighted by atomic mass is 9.37. The summed E-state index contributed by atoms with van der Waals surface area (Å²) in [4.78, 5) is 12.3. The summed E-state index contributed by atoms with van der Waals surface area (Å²) in [6, 6.07) is 0. The Labute approximate surface area is 151 Å². The van der Waals surface area contributed by atoms with E-state index in [0.717, 1.165) is 24.6 Å². The van der Waals surface area contributed by atoms with Crippen LogP contribution in [0.5, 0.6) is 0 Å². The Kier molecular flexibility index (Phi) is 3.56. The number of fused-ring (bicyclic) bond motifs is 2. The lowest BCUT2D eigenvalue weighted by Gasteiger charge is -2.70. The summed E-state index contributed by atoms with van der Waals surface area (Å²) in [7, 11) is 1.25. The van der Waals surface area contributed by atoms with Crippen LogP contribution in [0, 0.1) is 28.6 Å². The van der Waals surface area contributed by atoms with Gasteiger partial charge in [-0.25, -0.2) is 0 Å². The minimum absolute atomic E-state index is 0.0362. The first kappa shape index (κ1) is 18.0. The highest BCUT2D eigenvalue weighted by atomic mass is 32.2. The standard InChI is InChI=1S/C18H28O6S/c1-15(2)5-8-9(6-15)16(3)13-17(7-19,10(8)20)25-11(12(21)24-4)18(13,23)14(16)22/h8-11,13-14,19-20,22-23H,5-7H2,1-4H3/t8-,9+,10+,11+,13-,14+,16-,17+,18-/m1/s1. The summed E-state index contributed by atoms with van der Waals surface area (Å²) >= 11 is 1.10. The van der Waals surface area contributed by atoms with E-state index >= 15 is 0 Å². The van der Waals surface area contributed by atoms with Gasteiger partial charge in [0.05, 0.1) is 30.7 Å². The fraction of sp³-hybridized carbons (Fsp3) is 0.944. The minimum Gasteiger partial charge on any atom is -0.468 e. The van der Waals surface area contributed by atoms with Crippen LogP contribution in [0.3, 0.4) is 0 Å². The van der Waals surface area contributed by atoms with E-state index in [1.807, 2.05) is 6.92 Å². The molecular formula is C18H28O6S. The lowest BCUT2D eigenvalue weighted by Crippen LogP contribution is -2.83. The summed E-state index contributed by atoms with van der Waals surface area (Å²) in [5.41, 5.74) is -2.27. The molecule has 4 rings (SSSR count). The molecular weight excluding hydrogens is 344 g/mol. The van der Waals surface area contributed by atoms with E-state index in [0.29, 0.717) is 0 Å². The average molecular weight is 372 g/mol. The maximum Gasteiger partial charge on any atom is 0.321 e. The van der Waals surface area contributed by atoms with Crippen LogP contribution in [0.1, 0.15) is 33.6 Å². The quantitative estimate of drug-likeness (QED) is 0.512. The number of carbonyl (C=O) groups excluding carboxylic acids is 1. The molecule has 0 aromatic heterocycles. The molecule has 0 radical (unpaired) electrons. The van der Waals surface area contributed by atoms with Crippen molar-refractivity contribution in [3.8, 4) is 0 Å². The van der Waals surface area contributed by atoms with Crippen molar-refractivity contribution >= 4 is 17.7 Å². The van der Waals surface area contributed by atoms with E-state index in [1.165, 1.54) is 7.11 Å². The number of esters is 1. The number of aliphatic hydroxyl groups excluding tert-OH is 3. The van der Waals surface area contributed by atoms with Crippen LogP contribution in [0.15, 0.2) is 0 Å². The van der Waals surface area contributed by atoms with Crippen LogP contribution in [0.4, 0.5) is 0 Å². The zero-order valence-corrected chi connectivity index (χ0v) is 15.9. The Bertz CT molecular complexity index is 625. The zero-order valence-electron chi connectivity index (χ0n) is 15.1. The lowest BCUT2D eigenvalue weighted by molar-refractivity contribution is -0.328. The predicted molar refractivity (Wildman–Crippen MR) is 91.8 cm³/mol. The van der Waals surface area contributed by atoms with Crippen molar-refractivity contribution in [3.05, 3.63) is 0 Å². The molecule has 0 spiro atoms. The van der Waals surface area contributed by atoms with Gasteiger partial charge in [-0.15, -0.1) is 11.8 Å². The van der Waals surface area contributed by atoms with Gasteiger partial charge in [0.1, 0.15) is 10.9 Å². The molecule has 6 nitrogen and oxygen atoms in total. The third kappa shape index (κ3) is 1.75. The molecule has 3 aliphatic carbocycles. The normalized spacial score (nSPS) is 58.2. The molecule has 3 saturated carbocycles. The molecule has 4 fully saturated rings. The molecule has 1 aliphatic heterocycles. The van der Waals surface area contributed by atoms with Gasteiger partial charge in [0, 0.05) is 11.3 Å². The van der Waals surface area contributed by atoms with E-state index in [1.54, 1.807) is 0 Å². The fourth-order valence-corrected chi connectivity index (χ4v) is 9.07. The Balaban J connectivity index is 1.86. The Morgan fingerprint density at radius 3 is 2.44 bits per heavy atom. The zero-order chi connectivity index (χ0) is 18.6. The van der Waals surface area contributed by atoms with E-state index in [9.17, 15) is 25.2 Å². The van der Waals surface area contributed by atoms with Crippen LogP contribution >= 0.6 is 11.8 Å². The number of hydrogen-bond donors (Lipinski definition) is 4. The van der Waals surface area contributed by atoms with Gasteiger partial charge in [-0.3, -0.25) is 4.79 Å². The van der Waals surface area contributed by atoms with Crippen LogP contribution < -0.4 is 0 Å². The summed E-state index contributed by atoms with van der Waals surface area (Å²) in [5.74, 6) is -1.18. The van der Waals surface area contributed by atoms with Crippen molar-refractivity contribution in [1.82, 2.24) is 0 Å². The van der Waals surface area contributed by atoms with Gasteiger partial charge in [0.2, 0.25) is 0 Å². The van der Waals surface area contributed by atoms with Crippen molar-refractivity contribution in [2.45, 2.75) is 61.4 Å². The maximum absolute atomic E-state index is 12.3. The van der Waals surface area contributed by atoms with Gasteiger partial charge in [0.15, 0.2) is 0 Å². The monoisotopic (exact) mass is 372 g/mol. The van der Waals surface area contributed by atoms with Gasteiger partial charge in [-0.1, -0.05) is 20.8 Å². The molecule has 9 atom stereocenters. The molecule has 0 unspecified atom stereocenters. The van der Waals surface area contributed by atoms with E-state index < -0.39 is 45.1 Å². The fourth-order valence-electron chi connectivity index (χ4n) is 7.02. The first-order valence-corrected chi connectivity index (χ1v) is 9.83. The molecule has 142 valence electrons. The molecule has 0 bridgehead atoms. The molecule has 0 aromatic carbocycles. The molecule has 25 heavy (non-hydrogen) atoms. The van der Waals surface area contributed by atoms with Crippen molar-refractivity contribution in [2.75, 3.05) is 13.7 Å². The Hall–Kier alpha value is -0.340. The molecule has 0 aromatic rings. The summed E-state index contributed by atoms with van der Waals surface area (Å²) in [5, 5.41) is 42.9. The molecule has 1 saturated heterocycles. The second kappa shape index (κ2) is 4.93. The SMILES string of the molecule is COC(=O)[C@@H]1S[C@@]2(CO)[C@@H](O)[C@@H]3CC(C)(C)C[C@@H]3[C@@]3(C)[C@H](O)[C@]1(O)[C@@H]23. The highest BCUT2D eigenvalue weighted by Gasteiger charge is 2.87. The van der Waals surface area contributed by atoms with Crippen molar-refractivity contribution in [1.29, 1.82) is 0 Å². The predicted octanol–water partition coefficient (Wildman–Crippen LogP) is 0.161. The molecule has 4 N–H and O–H groups in total. The molecule has 1 heterocycles. The molecule has 7 heteroatoms. The number of ether oxygens (including phenoxy) is 1. The largest absolute Gasteiger partial charge is 0.468 e. The van der Waals surface area contributed by atoms with Gasteiger partial charge in [-0.05, 0) is 30.1 Å². The summed E-state index contributed by atoms with van der Waals surface area (Å²) in [6.45, 7) is 5.92. The van der Waals surface area contributed by atoms with Gasteiger partial charge < -0.3 is 25.2 Å². The average Bonchev–Trinajstić information content (AvgIpc) is 3.04. The van der Waals surface area contributed by atoms with Crippen LogP contribution in [0.2, 0.25) is 0 Å². The number of rotatable bonds is 2. The van der Waals surface area contributed by atoms with Gasteiger partial charge in [-0.2, -0.15) is 0 Å². The number of aliphatic hydroxyl groups is 4. The van der Waals surface area contributed by atoms with E-state index in [2.05, 4.69) is 13.8 Å². The Morgan fingerprint density at radius 2 is 1.88 bits per heavy atom. The van der Waals surface area contributed by atoms with E-state index in [-0.39, 0.29) is 23.9 Å². The third-order valence-corrected chi connectivity index (χ3v) is 9.65. The highest BCUT2D eigenvalue weighted by molar-refractivity contribution is 8.02. The van der Waals surface area contributed by atoms with Gasteiger partial charge in [0.25, 0.3) is 0 Å². The summed E-state index contributed by atoms with van der Waals surface area (Å²) in [6.07, 6.45) is -0.258. The number of carbonyl (C=O) groups is 1. The van der Waals surface area contributed by atoms with Crippen LogP contribution in [-0.2, 0) is 9.53 Å². The van der Waals surface area contributed by atoms with Crippen LogP contribution in [0.25, 0.3) is 0 Å². The highest BCUT2D eigenvalue weighted by Crippen LogP contribution is 2.79. The van der Waals surface area contributed by atoms with Crippen LogP contribution in [-0.4, -0.2) is 67.9 Å². The molecule has 4 aliphatic rings. The molecule has 0 amide bonds. The number of methoxy groups -OCH3 is 1. The first-order chi connectivity index (χ1) is 11.5. The summed E-state index contributed by atoms with van der Waals surface area (Å²) < 4.78 is 3.79. The number of thioether (sulfide) groups is 1. The first-order valence-electron chi connectivity index (χ1n) is 8.95. The topological polar surface area (TPSA) is 107 Å². The second-order valence-corrected chi connectivity index (χ2v) is 11.0. The van der Waals surface area contributed by atoms with Gasteiger partial charge >= 0.3 is 5.97 Å². The van der Waals surface area contributed by atoms with Crippen molar-refractivity contribution in [3.63, 3.8) is 0 Å². The van der Waals surface area contributed by atoms with E-state index in [4.69, 9.17) is 4.74 Å². The minimum atomic E-state index is -1.67. The number of hydrogen-bond acceptors (Lipinski definition) is 7. The Morgan fingerprint density at radius 1 is 1.24 bits per heavy atom. The van der Waals surface area contributed by atoms with Crippen molar-refractivity contribution < 1.29 is 30.0 Å². The second-order valence-electron chi connectivity index (χ2n) is 9.51. The van der Waals surface area contributed by atoms with Crippen molar-refractivity contribution in [2.24, 2.45) is 28.6 Å². The third-order valence-electron chi connectivity index (χ3n) is 7.80. The smallest absolute Gasteiger partial charge is 0.321 e.